The Bertz CT molecular complexity index is 485. The third-order valence-electron chi connectivity index (χ3n) is 3.86. The maximum absolute atomic E-state index is 12.2. The van der Waals surface area contributed by atoms with Crippen LogP contribution in [-0.4, -0.2) is 41.3 Å². The van der Waals surface area contributed by atoms with E-state index < -0.39 is 5.60 Å². The van der Waals surface area contributed by atoms with Gasteiger partial charge in [0.25, 0.3) is 0 Å². The van der Waals surface area contributed by atoms with Crippen molar-refractivity contribution in [3.63, 3.8) is 0 Å². The highest BCUT2D eigenvalue weighted by molar-refractivity contribution is 7.09. The molecule has 0 unspecified atom stereocenters. The average molecular weight is 340 g/mol. The molecule has 2 rings (SSSR count). The fourth-order valence-electron chi connectivity index (χ4n) is 2.71. The number of piperidine rings is 1. The summed E-state index contributed by atoms with van der Waals surface area (Å²) in [6.07, 6.45) is 4.80. The summed E-state index contributed by atoms with van der Waals surface area (Å²) in [6.45, 7) is 10.0. The lowest BCUT2D eigenvalue weighted by Crippen LogP contribution is -2.43. The molecular formula is C17H28N2O3S. The summed E-state index contributed by atoms with van der Waals surface area (Å²) in [5.41, 5.74) is -0.434. The molecule has 23 heavy (non-hydrogen) atoms. The van der Waals surface area contributed by atoms with Gasteiger partial charge in [0.1, 0.15) is 16.7 Å². The maximum Gasteiger partial charge on any atom is 0.410 e. The van der Waals surface area contributed by atoms with Crippen molar-refractivity contribution >= 4 is 17.4 Å². The zero-order valence-corrected chi connectivity index (χ0v) is 15.4. The first-order valence-corrected chi connectivity index (χ1v) is 9.22. The lowest BCUT2D eigenvalue weighted by molar-refractivity contribution is 0.0106. The Morgan fingerprint density at radius 3 is 2.96 bits per heavy atom. The van der Waals surface area contributed by atoms with Crippen molar-refractivity contribution in [2.24, 2.45) is 5.92 Å². The number of carbonyl (C=O) groups excluding carboxylic acids is 1. The smallest absolute Gasteiger partial charge is 0.410 e. The summed E-state index contributed by atoms with van der Waals surface area (Å²) in [6, 6.07) is 0. The number of ether oxygens (including phenoxy) is 2. The van der Waals surface area contributed by atoms with Crippen LogP contribution in [-0.2, 0) is 9.47 Å². The Morgan fingerprint density at radius 1 is 1.52 bits per heavy atom. The fraction of sp³-hybridized carbons (Fsp3) is 0.765. The van der Waals surface area contributed by atoms with Gasteiger partial charge in [-0.3, -0.25) is 0 Å². The molecule has 2 heterocycles. The Balaban J connectivity index is 1.72. The van der Waals surface area contributed by atoms with E-state index in [1.165, 1.54) is 0 Å². The molecular weight excluding hydrogens is 312 g/mol. The first-order valence-electron chi connectivity index (χ1n) is 8.34. The van der Waals surface area contributed by atoms with Crippen LogP contribution in [0.3, 0.4) is 0 Å². The number of hydrogen-bond donors (Lipinski definition) is 0. The van der Waals surface area contributed by atoms with Crippen molar-refractivity contribution in [1.29, 1.82) is 0 Å². The summed E-state index contributed by atoms with van der Waals surface area (Å²) >= 11 is 1.62. The number of hydrogen-bond acceptors (Lipinski definition) is 5. The molecule has 0 aliphatic carbocycles. The standard InChI is InChI=1S/C17H28N2O3S/c1-13(15-18-8-11-23-15)21-10-7-14-6-5-9-19(12-14)16(20)22-17(2,3)4/h8,11,13-14H,5-7,9-10,12H2,1-4H3/t13-,14+/m1/s1. The second-order valence-corrected chi connectivity index (χ2v) is 8.03. The van der Waals surface area contributed by atoms with Crippen molar-refractivity contribution in [1.82, 2.24) is 9.88 Å². The Morgan fingerprint density at radius 2 is 2.30 bits per heavy atom. The van der Waals surface area contributed by atoms with Crippen LogP contribution < -0.4 is 0 Å². The molecule has 0 N–H and O–H groups in total. The Hall–Kier alpha value is -1.14. The molecule has 1 aliphatic heterocycles. The fourth-order valence-corrected chi connectivity index (χ4v) is 3.35. The molecule has 0 bridgehead atoms. The third kappa shape index (κ3) is 6.11. The summed E-state index contributed by atoms with van der Waals surface area (Å²) in [4.78, 5) is 18.3. The van der Waals surface area contributed by atoms with Gasteiger partial charge in [0.2, 0.25) is 0 Å². The minimum absolute atomic E-state index is 0.0422. The van der Waals surface area contributed by atoms with E-state index in [9.17, 15) is 4.79 Å². The van der Waals surface area contributed by atoms with Crippen LogP contribution in [0, 0.1) is 5.92 Å². The van der Waals surface area contributed by atoms with Crippen LogP contribution in [0.4, 0.5) is 4.79 Å². The van der Waals surface area contributed by atoms with Gasteiger partial charge in [-0.25, -0.2) is 9.78 Å². The van der Waals surface area contributed by atoms with E-state index in [1.54, 1.807) is 17.5 Å². The van der Waals surface area contributed by atoms with Crippen molar-refractivity contribution in [2.75, 3.05) is 19.7 Å². The molecule has 0 saturated carbocycles. The van der Waals surface area contributed by atoms with E-state index in [1.807, 2.05) is 38.0 Å². The molecule has 0 spiro atoms. The van der Waals surface area contributed by atoms with Gasteiger partial charge in [0.05, 0.1) is 0 Å². The molecule has 130 valence electrons. The van der Waals surface area contributed by atoms with Crippen molar-refractivity contribution in [2.45, 2.75) is 58.7 Å². The average Bonchev–Trinajstić information content (AvgIpc) is 3.00. The highest BCUT2D eigenvalue weighted by Gasteiger charge is 2.27. The number of thiazole rings is 1. The molecule has 1 amide bonds. The van der Waals surface area contributed by atoms with Crippen molar-refractivity contribution in [3.05, 3.63) is 16.6 Å². The van der Waals surface area contributed by atoms with Gasteiger partial charge in [-0.15, -0.1) is 11.3 Å². The Labute approximate surface area is 143 Å². The lowest BCUT2D eigenvalue weighted by Gasteiger charge is -2.34. The molecule has 1 saturated heterocycles. The van der Waals surface area contributed by atoms with E-state index >= 15 is 0 Å². The zero-order chi connectivity index (χ0) is 16.9. The monoisotopic (exact) mass is 340 g/mol. The van der Waals surface area contributed by atoms with Crippen LogP contribution in [0.2, 0.25) is 0 Å². The van der Waals surface area contributed by atoms with Gasteiger partial charge in [0, 0.05) is 31.3 Å². The van der Waals surface area contributed by atoms with Crippen LogP contribution in [0.5, 0.6) is 0 Å². The molecule has 6 heteroatoms. The predicted molar refractivity (Wildman–Crippen MR) is 91.6 cm³/mol. The topological polar surface area (TPSA) is 51.7 Å². The first kappa shape index (κ1) is 18.2. The van der Waals surface area contributed by atoms with E-state index in [2.05, 4.69) is 4.98 Å². The van der Waals surface area contributed by atoms with Crippen LogP contribution in [0.15, 0.2) is 11.6 Å². The van der Waals surface area contributed by atoms with Gasteiger partial charge in [-0.2, -0.15) is 0 Å². The quantitative estimate of drug-likeness (QED) is 0.804. The normalized spacial score (nSPS) is 20.3. The number of amides is 1. The van der Waals surface area contributed by atoms with Gasteiger partial charge in [-0.05, 0) is 52.9 Å². The van der Waals surface area contributed by atoms with E-state index in [0.717, 1.165) is 37.4 Å². The maximum atomic E-state index is 12.2. The van der Waals surface area contributed by atoms with Gasteiger partial charge >= 0.3 is 6.09 Å². The number of aromatic nitrogens is 1. The number of rotatable bonds is 5. The van der Waals surface area contributed by atoms with Gasteiger partial charge in [0.15, 0.2) is 0 Å². The molecule has 5 nitrogen and oxygen atoms in total. The second kappa shape index (κ2) is 8.11. The zero-order valence-electron chi connectivity index (χ0n) is 14.6. The minimum atomic E-state index is -0.434. The number of carbonyl (C=O) groups is 1. The highest BCUT2D eigenvalue weighted by Crippen LogP contribution is 2.24. The minimum Gasteiger partial charge on any atom is -0.444 e. The molecule has 0 radical (unpaired) electrons. The number of likely N-dealkylation sites (tertiary alicyclic amines) is 1. The Kier molecular flexibility index (Phi) is 6.41. The van der Waals surface area contributed by atoms with Gasteiger partial charge < -0.3 is 14.4 Å². The predicted octanol–water partition coefficient (Wildman–Crippen LogP) is 4.26. The van der Waals surface area contributed by atoms with E-state index in [0.29, 0.717) is 12.5 Å². The SMILES string of the molecule is C[C@@H](OCC[C@@H]1CCCN(C(=O)OC(C)(C)C)C1)c1nccs1. The molecule has 2 atom stereocenters. The summed E-state index contributed by atoms with van der Waals surface area (Å²) in [5.74, 6) is 0.486. The highest BCUT2D eigenvalue weighted by atomic mass is 32.1. The molecule has 1 aliphatic rings. The second-order valence-electron chi connectivity index (χ2n) is 7.11. The summed E-state index contributed by atoms with van der Waals surface area (Å²) < 4.78 is 11.3. The largest absolute Gasteiger partial charge is 0.444 e. The number of nitrogens with zero attached hydrogens (tertiary/aromatic N) is 2. The van der Waals surface area contributed by atoms with Crippen LogP contribution in [0.25, 0.3) is 0 Å². The first-order chi connectivity index (χ1) is 10.8. The lowest BCUT2D eigenvalue weighted by atomic mass is 9.95. The summed E-state index contributed by atoms with van der Waals surface area (Å²) in [5, 5.41) is 2.98. The van der Waals surface area contributed by atoms with Crippen LogP contribution >= 0.6 is 11.3 Å². The van der Waals surface area contributed by atoms with Crippen molar-refractivity contribution in [3.8, 4) is 0 Å². The van der Waals surface area contributed by atoms with Crippen molar-refractivity contribution < 1.29 is 14.3 Å². The third-order valence-corrected chi connectivity index (χ3v) is 4.80. The van der Waals surface area contributed by atoms with E-state index in [4.69, 9.17) is 9.47 Å². The van der Waals surface area contributed by atoms with Gasteiger partial charge in [-0.1, -0.05) is 0 Å². The summed E-state index contributed by atoms with van der Waals surface area (Å²) in [7, 11) is 0. The molecule has 1 aromatic heterocycles. The molecule has 0 aromatic carbocycles. The van der Waals surface area contributed by atoms with Crippen LogP contribution in [0.1, 0.15) is 58.1 Å². The molecule has 1 fully saturated rings. The van der Waals surface area contributed by atoms with E-state index in [-0.39, 0.29) is 12.2 Å². The molecule has 1 aromatic rings.